The van der Waals surface area contributed by atoms with Crippen LogP contribution in [0.5, 0.6) is 0 Å². The van der Waals surface area contributed by atoms with Gasteiger partial charge in [0.05, 0.1) is 0 Å². The molecule has 19 heavy (non-hydrogen) atoms. The molecule has 0 aromatic carbocycles. The molecule has 0 unspecified atom stereocenters. The zero-order valence-corrected chi connectivity index (χ0v) is 12.6. The lowest BCUT2D eigenvalue weighted by atomic mass is 9.55. The molecule has 4 aliphatic rings. The van der Waals surface area contributed by atoms with Gasteiger partial charge in [-0.05, 0) is 93.3 Å². The summed E-state index contributed by atoms with van der Waals surface area (Å²) in [6.45, 7) is 2.43. The van der Waals surface area contributed by atoms with Gasteiger partial charge in [-0.25, -0.2) is 0 Å². The highest BCUT2D eigenvalue weighted by molar-refractivity contribution is 5.17. The highest BCUT2D eigenvalue weighted by Crippen LogP contribution is 2.58. The number of hydrogen-bond acceptors (Lipinski definition) is 0. The van der Waals surface area contributed by atoms with Crippen LogP contribution in [0.2, 0.25) is 0 Å². The van der Waals surface area contributed by atoms with Crippen molar-refractivity contribution in [2.45, 2.75) is 71.1 Å². The van der Waals surface area contributed by atoms with E-state index < -0.39 is 0 Å². The topological polar surface area (TPSA) is 0 Å². The van der Waals surface area contributed by atoms with Crippen LogP contribution >= 0.6 is 0 Å². The van der Waals surface area contributed by atoms with Crippen molar-refractivity contribution in [1.82, 2.24) is 0 Å². The van der Waals surface area contributed by atoms with E-state index in [-0.39, 0.29) is 0 Å². The fourth-order valence-corrected chi connectivity index (χ4v) is 6.59. The number of allylic oxidation sites excluding steroid dienone is 2. The highest BCUT2D eigenvalue weighted by Gasteiger charge is 2.49. The summed E-state index contributed by atoms with van der Waals surface area (Å²) in [5.41, 5.74) is 1.89. The van der Waals surface area contributed by atoms with E-state index in [2.05, 4.69) is 13.0 Å². The lowest BCUT2D eigenvalue weighted by Gasteiger charge is -2.50. The van der Waals surface area contributed by atoms with Gasteiger partial charge in [0.2, 0.25) is 0 Å². The molecule has 0 heteroatoms. The summed E-state index contributed by atoms with van der Waals surface area (Å²) in [6.07, 6.45) is 17.8. The monoisotopic (exact) mass is 258 g/mol. The summed E-state index contributed by atoms with van der Waals surface area (Å²) < 4.78 is 0. The smallest absolute Gasteiger partial charge is 0.0172 e. The van der Waals surface area contributed by atoms with Gasteiger partial charge in [-0.3, -0.25) is 0 Å². The van der Waals surface area contributed by atoms with E-state index in [4.69, 9.17) is 0 Å². The molecule has 106 valence electrons. The molecular weight excluding hydrogens is 228 g/mol. The van der Waals surface area contributed by atoms with E-state index >= 15 is 0 Å². The van der Waals surface area contributed by atoms with Gasteiger partial charge in [-0.2, -0.15) is 0 Å². The summed E-state index contributed by atoms with van der Waals surface area (Å²) >= 11 is 0. The predicted octanol–water partition coefficient (Wildman–Crippen LogP) is 5.59. The summed E-state index contributed by atoms with van der Waals surface area (Å²) in [6, 6.07) is 0. The molecule has 0 saturated heterocycles. The van der Waals surface area contributed by atoms with Gasteiger partial charge < -0.3 is 0 Å². The second-order valence-corrected chi connectivity index (χ2v) is 7.83. The average Bonchev–Trinajstić information content (AvgIpc) is 2.90. The Morgan fingerprint density at radius 3 is 2.58 bits per heavy atom. The van der Waals surface area contributed by atoms with Crippen molar-refractivity contribution in [3.05, 3.63) is 11.6 Å². The van der Waals surface area contributed by atoms with Crippen molar-refractivity contribution < 1.29 is 0 Å². The van der Waals surface area contributed by atoms with Crippen molar-refractivity contribution >= 4 is 0 Å². The maximum atomic E-state index is 2.62. The Labute approximate surface area is 119 Å². The second kappa shape index (κ2) is 4.93. The number of hydrogen-bond donors (Lipinski definition) is 0. The first-order chi connectivity index (χ1) is 9.38. The fraction of sp³-hybridized carbons (Fsp3) is 0.895. The van der Waals surface area contributed by atoms with Crippen LogP contribution < -0.4 is 0 Å². The van der Waals surface area contributed by atoms with Crippen molar-refractivity contribution in [1.29, 1.82) is 0 Å². The summed E-state index contributed by atoms with van der Waals surface area (Å²) in [7, 11) is 0. The van der Waals surface area contributed by atoms with Crippen LogP contribution in [0.15, 0.2) is 11.6 Å². The molecule has 0 aromatic rings. The number of rotatable bonds is 1. The molecule has 0 nitrogen and oxygen atoms in total. The Hall–Kier alpha value is -0.260. The molecule has 0 aromatic heterocycles. The minimum Gasteiger partial charge on any atom is -0.0850 e. The van der Waals surface area contributed by atoms with Crippen molar-refractivity contribution in [2.24, 2.45) is 35.5 Å². The van der Waals surface area contributed by atoms with Gasteiger partial charge >= 0.3 is 0 Å². The molecule has 0 N–H and O–H groups in total. The van der Waals surface area contributed by atoms with E-state index in [1.54, 1.807) is 32.1 Å². The third-order valence-corrected chi connectivity index (χ3v) is 7.37. The molecule has 0 heterocycles. The molecule has 6 atom stereocenters. The molecule has 4 rings (SSSR count). The summed E-state index contributed by atoms with van der Waals surface area (Å²) in [4.78, 5) is 0. The van der Waals surface area contributed by atoms with Gasteiger partial charge in [-0.15, -0.1) is 0 Å². The summed E-state index contributed by atoms with van der Waals surface area (Å²) in [5, 5.41) is 0. The standard InChI is InChI=1S/C19H30/c1-2-13-7-9-17-16(13)11-12-18-15-6-4-3-5-14(15)8-10-19(17)18/h5,13,15-19H,2-4,6-12H2,1H3/t13-,15-,16+,17+,18+,19-/m0/s1. The molecule has 0 bridgehead atoms. The van der Waals surface area contributed by atoms with Crippen LogP contribution in [0.25, 0.3) is 0 Å². The van der Waals surface area contributed by atoms with Gasteiger partial charge in [0, 0.05) is 0 Å². The first kappa shape index (κ1) is 12.5. The Balaban J connectivity index is 1.56. The van der Waals surface area contributed by atoms with Crippen LogP contribution in [0.3, 0.4) is 0 Å². The van der Waals surface area contributed by atoms with E-state index in [9.17, 15) is 0 Å². The van der Waals surface area contributed by atoms with E-state index in [0.717, 1.165) is 35.5 Å². The maximum absolute atomic E-state index is 2.62. The lowest BCUT2D eigenvalue weighted by molar-refractivity contribution is 0.0371. The van der Waals surface area contributed by atoms with Crippen molar-refractivity contribution in [3.8, 4) is 0 Å². The average molecular weight is 258 g/mol. The van der Waals surface area contributed by atoms with Gasteiger partial charge in [0.15, 0.2) is 0 Å². The molecule has 0 spiro atoms. The van der Waals surface area contributed by atoms with Crippen molar-refractivity contribution in [2.75, 3.05) is 0 Å². The predicted molar refractivity (Wildman–Crippen MR) is 80.9 cm³/mol. The molecular formula is C19H30. The first-order valence-electron chi connectivity index (χ1n) is 9.07. The van der Waals surface area contributed by atoms with Crippen LogP contribution in [-0.2, 0) is 0 Å². The largest absolute Gasteiger partial charge is 0.0850 e. The Morgan fingerprint density at radius 2 is 1.68 bits per heavy atom. The van der Waals surface area contributed by atoms with E-state index in [0.29, 0.717) is 0 Å². The lowest BCUT2D eigenvalue weighted by Crippen LogP contribution is -2.41. The third kappa shape index (κ3) is 1.93. The van der Waals surface area contributed by atoms with E-state index in [1.165, 1.54) is 32.1 Å². The zero-order chi connectivity index (χ0) is 12.8. The fourth-order valence-electron chi connectivity index (χ4n) is 6.59. The minimum atomic E-state index is 1.02. The van der Waals surface area contributed by atoms with Crippen LogP contribution in [0.1, 0.15) is 71.1 Å². The van der Waals surface area contributed by atoms with Crippen LogP contribution in [-0.4, -0.2) is 0 Å². The Morgan fingerprint density at radius 1 is 0.895 bits per heavy atom. The summed E-state index contributed by atoms with van der Waals surface area (Å²) in [5.74, 6) is 6.59. The Bertz CT molecular complexity index is 366. The molecule has 0 amide bonds. The molecule has 0 aliphatic heterocycles. The third-order valence-electron chi connectivity index (χ3n) is 7.37. The molecule has 0 radical (unpaired) electrons. The van der Waals surface area contributed by atoms with E-state index in [1.807, 2.05) is 5.57 Å². The van der Waals surface area contributed by atoms with Gasteiger partial charge in [-0.1, -0.05) is 25.0 Å². The SMILES string of the molecule is CC[C@H]1CC[C@H]2[C@@H]3CCC4=CCCC[C@@H]4[C@H]3CC[C@H]12. The minimum absolute atomic E-state index is 1.02. The second-order valence-electron chi connectivity index (χ2n) is 7.83. The van der Waals surface area contributed by atoms with Gasteiger partial charge in [0.1, 0.15) is 0 Å². The van der Waals surface area contributed by atoms with Crippen molar-refractivity contribution in [3.63, 3.8) is 0 Å². The van der Waals surface area contributed by atoms with Gasteiger partial charge in [0.25, 0.3) is 0 Å². The Kier molecular flexibility index (Phi) is 3.24. The molecule has 3 fully saturated rings. The number of fused-ring (bicyclic) bond motifs is 5. The molecule has 4 aliphatic carbocycles. The zero-order valence-electron chi connectivity index (χ0n) is 12.6. The normalized spacial score (nSPS) is 49.0. The maximum Gasteiger partial charge on any atom is -0.0172 e. The molecule has 3 saturated carbocycles. The van der Waals surface area contributed by atoms with Crippen LogP contribution in [0, 0.1) is 35.5 Å². The highest BCUT2D eigenvalue weighted by atomic mass is 14.5. The quantitative estimate of drug-likeness (QED) is 0.538. The first-order valence-corrected chi connectivity index (χ1v) is 9.07. The van der Waals surface area contributed by atoms with Crippen LogP contribution in [0.4, 0.5) is 0 Å².